The first kappa shape index (κ1) is 21.9. The van der Waals surface area contributed by atoms with Crippen molar-refractivity contribution in [1.82, 2.24) is 19.7 Å². The van der Waals surface area contributed by atoms with Gasteiger partial charge in [0.2, 0.25) is 11.8 Å². The maximum atomic E-state index is 12.6. The molecule has 0 saturated heterocycles. The van der Waals surface area contributed by atoms with Gasteiger partial charge in [-0.15, -0.1) is 0 Å². The van der Waals surface area contributed by atoms with E-state index in [0.29, 0.717) is 24.3 Å². The van der Waals surface area contributed by atoms with Crippen molar-refractivity contribution in [3.63, 3.8) is 0 Å². The van der Waals surface area contributed by atoms with Crippen LogP contribution in [0.1, 0.15) is 35.7 Å². The minimum atomic E-state index is -0.275. The molecule has 31 heavy (non-hydrogen) atoms. The van der Waals surface area contributed by atoms with Gasteiger partial charge < -0.3 is 10.2 Å². The molecule has 0 atom stereocenters. The van der Waals surface area contributed by atoms with Crippen molar-refractivity contribution in [2.45, 2.75) is 32.9 Å². The van der Waals surface area contributed by atoms with E-state index in [9.17, 15) is 14.4 Å². The summed E-state index contributed by atoms with van der Waals surface area (Å²) in [4.78, 5) is 42.6. The Morgan fingerprint density at radius 2 is 1.77 bits per heavy atom. The summed E-state index contributed by atoms with van der Waals surface area (Å²) in [5, 5.41) is 6.87. The molecule has 1 N–H and O–H groups in total. The van der Waals surface area contributed by atoms with Crippen LogP contribution in [0.2, 0.25) is 0 Å². The summed E-state index contributed by atoms with van der Waals surface area (Å²) >= 11 is 0. The summed E-state index contributed by atoms with van der Waals surface area (Å²) < 4.78 is 1.49. The number of carbonyl (C=O) groups is 3. The molecule has 8 nitrogen and oxygen atoms in total. The summed E-state index contributed by atoms with van der Waals surface area (Å²) in [6.45, 7) is 3.06. The van der Waals surface area contributed by atoms with E-state index in [2.05, 4.69) is 15.4 Å². The van der Waals surface area contributed by atoms with Crippen molar-refractivity contribution in [1.29, 1.82) is 0 Å². The number of nitrogens with zero attached hydrogens (tertiary/aromatic N) is 4. The van der Waals surface area contributed by atoms with Gasteiger partial charge in [0.15, 0.2) is 5.78 Å². The van der Waals surface area contributed by atoms with E-state index < -0.39 is 0 Å². The summed E-state index contributed by atoms with van der Waals surface area (Å²) in [6, 6.07) is 12.6. The van der Waals surface area contributed by atoms with E-state index in [1.165, 1.54) is 10.9 Å². The van der Waals surface area contributed by atoms with Gasteiger partial charge in [-0.1, -0.05) is 30.3 Å². The number of Topliss-reactive ketones (excluding diaryl/α,β-unsaturated/α-hetero) is 1. The van der Waals surface area contributed by atoms with Crippen molar-refractivity contribution < 1.29 is 14.4 Å². The fraction of sp³-hybridized carbons (Fsp3) is 0.261. The molecule has 3 aromatic rings. The Hall–Kier alpha value is -3.81. The fourth-order valence-electron chi connectivity index (χ4n) is 3.06. The zero-order valence-corrected chi connectivity index (χ0v) is 17.4. The second kappa shape index (κ2) is 10.8. The highest BCUT2D eigenvalue weighted by molar-refractivity contribution is 5.99. The number of benzene rings is 1. The second-order valence-electron chi connectivity index (χ2n) is 7.03. The smallest absolute Gasteiger partial charge is 0.244 e. The molecule has 0 aliphatic heterocycles. The van der Waals surface area contributed by atoms with Crippen molar-refractivity contribution in [3.8, 4) is 0 Å². The molecule has 2 heterocycles. The number of ketones is 1. The van der Waals surface area contributed by atoms with Crippen LogP contribution in [0.3, 0.4) is 0 Å². The zero-order chi connectivity index (χ0) is 22.1. The van der Waals surface area contributed by atoms with Gasteiger partial charge in [-0.05, 0) is 24.6 Å². The average molecular weight is 419 g/mol. The maximum Gasteiger partial charge on any atom is 0.244 e. The lowest BCUT2D eigenvalue weighted by Crippen LogP contribution is -2.33. The van der Waals surface area contributed by atoms with Gasteiger partial charge in [0, 0.05) is 50.1 Å². The van der Waals surface area contributed by atoms with Crippen LogP contribution in [-0.2, 0) is 22.7 Å². The van der Waals surface area contributed by atoms with E-state index in [-0.39, 0.29) is 37.0 Å². The summed E-state index contributed by atoms with van der Waals surface area (Å²) in [6.07, 6.45) is 6.70. The van der Waals surface area contributed by atoms with Crippen LogP contribution in [0, 0.1) is 0 Å². The van der Waals surface area contributed by atoms with E-state index in [1.54, 1.807) is 47.8 Å². The number of likely N-dealkylation sites (N-methyl/N-ethyl adjacent to an activating group) is 1. The van der Waals surface area contributed by atoms with Gasteiger partial charge in [0.1, 0.15) is 6.54 Å². The van der Waals surface area contributed by atoms with Gasteiger partial charge in [-0.3, -0.25) is 24.0 Å². The number of rotatable bonds is 10. The van der Waals surface area contributed by atoms with Gasteiger partial charge in [-0.2, -0.15) is 5.10 Å². The lowest BCUT2D eigenvalue weighted by Gasteiger charge is -2.20. The molecule has 160 valence electrons. The molecule has 8 heteroatoms. The minimum absolute atomic E-state index is 0.0707. The van der Waals surface area contributed by atoms with E-state index in [0.717, 1.165) is 5.56 Å². The fourth-order valence-corrected chi connectivity index (χ4v) is 3.06. The van der Waals surface area contributed by atoms with Gasteiger partial charge in [0.05, 0.1) is 11.9 Å². The van der Waals surface area contributed by atoms with E-state index >= 15 is 0 Å². The molecule has 2 aromatic heterocycles. The minimum Gasteiger partial charge on any atom is -0.337 e. The van der Waals surface area contributed by atoms with Crippen LogP contribution in [0.25, 0.3) is 0 Å². The third-order valence-electron chi connectivity index (χ3n) is 4.75. The topological polar surface area (TPSA) is 97.2 Å². The number of aromatic nitrogens is 3. The lowest BCUT2D eigenvalue weighted by atomic mass is 10.1. The molecular weight excluding hydrogens is 394 g/mol. The Labute approximate surface area is 180 Å². The molecule has 3 rings (SSSR count). The molecule has 0 fully saturated rings. The molecule has 0 aliphatic rings. The Kier molecular flexibility index (Phi) is 7.64. The number of hydrogen-bond donors (Lipinski definition) is 1. The number of pyridine rings is 1. The highest BCUT2D eigenvalue weighted by Crippen LogP contribution is 2.10. The van der Waals surface area contributed by atoms with Crippen molar-refractivity contribution >= 4 is 23.3 Å². The van der Waals surface area contributed by atoms with Gasteiger partial charge in [0.25, 0.3) is 0 Å². The predicted molar refractivity (Wildman–Crippen MR) is 116 cm³/mol. The Morgan fingerprint density at radius 1 is 1.03 bits per heavy atom. The summed E-state index contributed by atoms with van der Waals surface area (Å²) in [5.74, 6) is -0.428. The van der Waals surface area contributed by atoms with Crippen LogP contribution >= 0.6 is 0 Å². The zero-order valence-electron chi connectivity index (χ0n) is 17.4. The highest BCUT2D eigenvalue weighted by Gasteiger charge is 2.14. The monoisotopic (exact) mass is 419 g/mol. The van der Waals surface area contributed by atoms with Crippen LogP contribution in [-0.4, -0.2) is 43.8 Å². The summed E-state index contributed by atoms with van der Waals surface area (Å²) in [5.41, 5.74) is 2.08. The van der Waals surface area contributed by atoms with Crippen LogP contribution < -0.4 is 5.32 Å². The van der Waals surface area contributed by atoms with Gasteiger partial charge >= 0.3 is 0 Å². The van der Waals surface area contributed by atoms with Crippen LogP contribution in [0.5, 0.6) is 0 Å². The van der Waals surface area contributed by atoms with Crippen molar-refractivity contribution in [2.24, 2.45) is 0 Å². The third kappa shape index (κ3) is 6.60. The number of carbonyl (C=O) groups excluding carboxylic acids is 3. The molecule has 0 spiro atoms. The number of anilines is 1. The largest absolute Gasteiger partial charge is 0.337 e. The number of hydrogen-bond acceptors (Lipinski definition) is 5. The Balaban J connectivity index is 1.48. The number of nitrogens with one attached hydrogen (secondary N) is 1. The molecule has 0 radical (unpaired) electrons. The van der Waals surface area contributed by atoms with Crippen molar-refractivity contribution in [3.05, 3.63) is 78.4 Å². The summed E-state index contributed by atoms with van der Waals surface area (Å²) in [7, 11) is 0. The molecule has 2 amide bonds. The molecular formula is C23H25N5O3. The molecule has 0 aliphatic carbocycles. The Morgan fingerprint density at radius 3 is 2.48 bits per heavy atom. The van der Waals surface area contributed by atoms with Crippen molar-refractivity contribution in [2.75, 3.05) is 11.9 Å². The third-order valence-corrected chi connectivity index (χ3v) is 4.75. The van der Waals surface area contributed by atoms with E-state index in [4.69, 9.17) is 0 Å². The molecule has 0 unspecified atom stereocenters. The highest BCUT2D eigenvalue weighted by atomic mass is 16.2. The maximum absolute atomic E-state index is 12.6. The normalized spacial score (nSPS) is 10.5. The van der Waals surface area contributed by atoms with E-state index in [1.807, 2.05) is 25.1 Å². The number of amides is 2. The molecule has 0 bridgehead atoms. The Bertz CT molecular complexity index is 1020. The lowest BCUT2D eigenvalue weighted by molar-refractivity contribution is -0.132. The molecule has 0 saturated carbocycles. The van der Waals surface area contributed by atoms with Gasteiger partial charge in [-0.25, -0.2) is 0 Å². The standard InChI is InChI=1S/C23H25N5O3/c1-2-27(15-18-10-12-24-13-11-18)23(31)17-28-16-20(14-25-28)26-22(30)9-8-21(29)19-6-4-3-5-7-19/h3-7,10-14,16H,2,8-9,15,17H2,1H3,(H,26,30). The first-order valence-electron chi connectivity index (χ1n) is 10.1. The second-order valence-corrected chi connectivity index (χ2v) is 7.03. The quantitative estimate of drug-likeness (QED) is 0.510. The average Bonchev–Trinajstić information content (AvgIpc) is 3.23. The predicted octanol–water partition coefficient (Wildman–Crippen LogP) is 2.93. The van der Waals surface area contributed by atoms with Crippen LogP contribution in [0.4, 0.5) is 5.69 Å². The molecule has 1 aromatic carbocycles. The first-order chi connectivity index (χ1) is 15.0. The SMILES string of the molecule is CCN(Cc1ccncc1)C(=O)Cn1cc(NC(=O)CCC(=O)c2ccccc2)cn1. The van der Waals surface area contributed by atoms with Crippen LogP contribution in [0.15, 0.2) is 67.3 Å². The first-order valence-corrected chi connectivity index (χ1v) is 10.1.